The van der Waals surface area contributed by atoms with Crippen LogP contribution in [0, 0.1) is 17.1 Å². The van der Waals surface area contributed by atoms with Gasteiger partial charge >= 0.3 is 0 Å². The van der Waals surface area contributed by atoms with E-state index >= 15 is 0 Å². The smallest absolute Gasteiger partial charge is 0.258 e. The Morgan fingerprint density at radius 3 is 2.62 bits per heavy atom. The van der Waals surface area contributed by atoms with Crippen molar-refractivity contribution in [1.82, 2.24) is 4.90 Å². The summed E-state index contributed by atoms with van der Waals surface area (Å²) in [6, 6.07) is 25.4. The lowest BCUT2D eigenvalue weighted by atomic mass is 10.0. The SMILES string of the molecule is N#Cc1c(NC(=O)CSc2cccc(NC(=O)c3ccccc3F)c2)sc2c1CCN(Cc1ccccc1)C2. The predicted molar refractivity (Wildman–Crippen MR) is 153 cm³/mol. The van der Waals surface area contributed by atoms with Gasteiger partial charge < -0.3 is 10.6 Å². The second-order valence-corrected chi connectivity index (χ2v) is 11.2. The van der Waals surface area contributed by atoms with Gasteiger partial charge in [0.1, 0.15) is 16.9 Å². The predicted octanol–water partition coefficient (Wildman–Crippen LogP) is 6.30. The van der Waals surface area contributed by atoms with Crippen LogP contribution in [0.25, 0.3) is 0 Å². The largest absolute Gasteiger partial charge is 0.322 e. The molecule has 0 atom stereocenters. The molecule has 0 radical (unpaired) electrons. The van der Waals surface area contributed by atoms with E-state index in [1.165, 1.54) is 46.9 Å². The molecule has 1 aliphatic rings. The maximum atomic E-state index is 13.9. The summed E-state index contributed by atoms with van der Waals surface area (Å²) in [5.74, 6) is -1.20. The Morgan fingerprint density at radius 1 is 1.03 bits per heavy atom. The standard InChI is InChI=1S/C30H25FN4O2S2/c31-26-12-5-4-11-24(26)29(37)33-21-9-6-10-22(15-21)38-19-28(36)34-30-25(16-32)23-13-14-35(18-27(23)39-30)17-20-7-2-1-3-8-20/h1-12,15H,13-14,17-19H2,(H,33,37)(H,34,36). The number of hydrogen-bond donors (Lipinski definition) is 2. The Kier molecular flexibility index (Phi) is 8.37. The lowest BCUT2D eigenvalue weighted by Crippen LogP contribution is -2.29. The van der Waals surface area contributed by atoms with E-state index in [4.69, 9.17) is 0 Å². The highest BCUT2D eigenvalue weighted by molar-refractivity contribution is 8.00. The highest BCUT2D eigenvalue weighted by atomic mass is 32.2. The van der Waals surface area contributed by atoms with Crippen LogP contribution in [0.15, 0.2) is 83.8 Å². The molecule has 0 saturated heterocycles. The number of thioether (sulfide) groups is 1. The number of rotatable bonds is 8. The monoisotopic (exact) mass is 556 g/mol. The van der Waals surface area contributed by atoms with Crippen LogP contribution in [-0.4, -0.2) is 29.0 Å². The van der Waals surface area contributed by atoms with E-state index in [-0.39, 0.29) is 17.2 Å². The van der Waals surface area contributed by atoms with Crippen LogP contribution in [0.3, 0.4) is 0 Å². The number of hydrogen-bond acceptors (Lipinski definition) is 6. The fraction of sp³-hybridized carbons (Fsp3) is 0.167. The van der Waals surface area contributed by atoms with Gasteiger partial charge in [-0.1, -0.05) is 48.5 Å². The van der Waals surface area contributed by atoms with Crippen molar-refractivity contribution in [2.75, 3.05) is 22.9 Å². The molecule has 2 N–H and O–H groups in total. The molecule has 4 aromatic rings. The molecule has 0 bridgehead atoms. The van der Waals surface area contributed by atoms with Crippen LogP contribution >= 0.6 is 23.1 Å². The van der Waals surface area contributed by atoms with E-state index in [0.717, 1.165) is 41.4 Å². The van der Waals surface area contributed by atoms with Gasteiger partial charge in [-0.15, -0.1) is 23.1 Å². The molecule has 2 amide bonds. The fourth-order valence-corrected chi connectivity index (χ4v) is 6.47. The zero-order valence-corrected chi connectivity index (χ0v) is 22.6. The van der Waals surface area contributed by atoms with Crippen molar-refractivity contribution in [2.24, 2.45) is 0 Å². The maximum absolute atomic E-state index is 13.9. The van der Waals surface area contributed by atoms with Gasteiger partial charge in [0.25, 0.3) is 5.91 Å². The second kappa shape index (κ2) is 12.3. The van der Waals surface area contributed by atoms with Gasteiger partial charge in [0.2, 0.25) is 5.91 Å². The van der Waals surface area contributed by atoms with Crippen molar-refractivity contribution < 1.29 is 14.0 Å². The molecule has 2 heterocycles. The molecule has 6 nitrogen and oxygen atoms in total. The molecular weight excluding hydrogens is 531 g/mol. The number of fused-ring (bicyclic) bond motifs is 1. The number of halogens is 1. The molecular formula is C30H25FN4O2S2. The lowest BCUT2D eigenvalue weighted by molar-refractivity contribution is -0.113. The van der Waals surface area contributed by atoms with E-state index in [2.05, 4.69) is 33.7 Å². The molecule has 9 heteroatoms. The molecule has 1 aromatic heterocycles. The number of thiophene rings is 1. The summed E-state index contributed by atoms with van der Waals surface area (Å²) < 4.78 is 13.9. The summed E-state index contributed by atoms with van der Waals surface area (Å²) in [6.07, 6.45) is 0.775. The Bertz CT molecular complexity index is 1550. The first-order chi connectivity index (χ1) is 19.0. The molecule has 0 aliphatic carbocycles. The first-order valence-corrected chi connectivity index (χ1v) is 14.2. The number of amides is 2. The van der Waals surface area contributed by atoms with Gasteiger partial charge in [-0.2, -0.15) is 5.26 Å². The van der Waals surface area contributed by atoms with Crippen molar-refractivity contribution in [1.29, 1.82) is 5.26 Å². The third-order valence-electron chi connectivity index (χ3n) is 6.33. The summed E-state index contributed by atoms with van der Waals surface area (Å²) >= 11 is 2.79. The zero-order valence-electron chi connectivity index (χ0n) is 20.9. The molecule has 1 aliphatic heterocycles. The third kappa shape index (κ3) is 6.55. The number of carbonyl (C=O) groups is 2. The molecule has 5 rings (SSSR count). The average Bonchev–Trinajstić information content (AvgIpc) is 3.28. The molecule has 0 spiro atoms. The number of nitrogens with one attached hydrogen (secondary N) is 2. The first-order valence-electron chi connectivity index (χ1n) is 12.4. The fourth-order valence-electron chi connectivity index (χ4n) is 4.46. The van der Waals surface area contributed by atoms with Crippen LogP contribution in [0.5, 0.6) is 0 Å². The number of carbonyl (C=O) groups excluding carboxylic acids is 2. The lowest BCUT2D eigenvalue weighted by Gasteiger charge is -2.26. The summed E-state index contributed by atoms with van der Waals surface area (Å²) in [6.45, 7) is 2.46. The summed E-state index contributed by atoms with van der Waals surface area (Å²) in [4.78, 5) is 29.5. The maximum Gasteiger partial charge on any atom is 0.258 e. The van der Waals surface area contributed by atoms with E-state index in [1.54, 1.807) is 24.3 Å². The zero-order chi connectivity index (χ0) is 27.2. The van der Waals surface area contributed by atoms with E-state index in [9.17, 15) is 19.2 Å². The summed E-state index contributed by atoms with van der Waals surface area (Å²) in [7, 11) is 0. The van der Waals surface area contributed by atoms with Crippen LogP contribution in [0.4, 0.5) is 15.1 Å². The van der Waals surface area contributed by atoms with Gasteiger partial charge in [0.15, 0.2) is 0 Å². The Hall–Kier alpha value is -3.97. The summed E-state index contributed by atoms with van der Waals surface area (Å²) in [5.41, 5.74) is 3.31. The Labute approximate surface area is 234 Å². The van der Waals surface area contributed by atoms with E-state index < -0.39 is 11.7 Å². The highest BCUT2D eigenvalue weighted by Gasteiger charge is 2.25. The third-order valence-corrected chi connectivity index (χ3v) is 8.46. The van der Waals surface area contributed by atoms with Crippen LogP contribution in [0.2, 0.25) is 0 Å². The van der Waals surface area contributed by atoms with Gasteiger partial charge in [-0.05, 0) is 47.9 Å². The number of benzene rings is 3. The molecule has 0 fully saturated rings. The first kappa shape index (κ1) is 26.6. The van der Waals surface area contributed by atoms with Gasteiger partial charge in [-0.3, -0.25) is 14.5 Å². The van der Waals surface area contributed by atoms with E-state index in [0.29, 0.717) is 16.3 Å². The van der Waals surface area contributed by atoms with Crippen molar-refractivity contribution in [3.05, 3.63) is 112 Å². The molecule has 3 aromatic carbocycles. The van der Waals surface area contributed by atoms with Crippen LogP contribution in [-0.2, 0) is 24.3 Å². The molecule has 0 saturated carbocycles. The average molecular weight is 557 g/mol. The van der Waals surface area contributed by atoms with Crippen molar-refractivity contribution >= 4 is 45.6 Å². The van der Waals surface area contributed by atoms with Crippen molar-refractivity contribution in [2.45, 2.75) is 24.4 Å². The highest BCUT2D eigenvalue weighted by Crippen LogP contribution is 2.37. The van der Waals surface area contributed by atoms with Crippen LogP contribution < -0.4 is 10.6 Å². The Morgan fingerprint density at radius 2 is 1.82 bits per heavy atom. The Balaban J connectivity index is 1.19. The molecule has 0 unspecified atom stereocenters. The van der Waals surface area contributed by atoms with E-state index in [1.807, 2.05) is 24.3 Å². The normalized spacial score (nSPS) is 12.8. The minimum Gasteiger partial charge on any atom is -0.322 e. The number of anilines is 2. The van der Waals surface area contributed by atoms with Gasteiger partial charge in [0.05, 0.1) is 16.9 Å². The molecule has 196 valence electrons. The second-order valence-electron chi connectivity index (χ2n) is 9.06. The molecule has 39 heavy (non-hydrogen) atoms. The quantitative estimate of drug-likeness (QED) is 0.249. The number of nitrogens with zero attached hydrogens (tertiary/aromatic N) is 2. The van der Waals surface area contributed by atoms with Gasteiger partial charge in [0, 0.05) is 35.1 Å². The number of nitriles is 1. The van der Waals surface area contributed by atoms with Crippen molar-refractivity contribution in [3.63, 3.8) is 0 Å². The minimum atomic E-state index is -0.590. The topological polar surface area (TPSA) is 85.2 Å². The van der Waals surface area contributed by atoms with Crippen molar-refractivity contribution in [3.8, 4) is 6.07 Å². The summed E-state index contributed by atoms with van der Waals surface area (Å²) in [5, 5.41) is 16.0. The van der Waals surface area contributed by atoms with Gasteiger partial charge in [-0.25, -0.2) is 4.39 Å². The minimum absolute atomic E-state index is 0.0370. The van der Waals surface area contributed by atoms with Crippen LogP contribution in [0.1, 0.15) is 31.9 Å².